The van der Waals surface area contributed by atoms with Gasteiger partial charge in [-0.25, -0.2) is 0 Å². The summed E-state index contributed by atoms with van der Waals surface area (Å²) >= 11 is 0. The molecule has 0 bridgehead atoms. The number of likely N-dealkylation sites (tertiary alicyclic amines) is 2. The largest absolute Gasteiger partial charge is 0.393 e. The molecule has 6 nitrogen and oxygen atoms in total. The van der Waals surface area contributed by atoms with Crippen LogP contribution < -0.4 is 10.8 Å². The van der Waals surface area contributed by atoms with Gasteiger partial charge in [-0.3, -0.25) is 4.79 Å². The molecule has 0 atom stereocenters. The fraction of sp³-hybridized carbons (Fsp3) is 0.571. The fourth-order valence-corrected chi connectivity index (χ4v) is 4.29. The minimum atomic E-state index is -0.107. The molecule has 2 aliphatic rings. The molecular formula is C21H29BN4O2. The Morgan fingerprint density at radius 2 is 1.75 bits per heavy atom. The molecule has 148 valence electrons. The topological polar surface area (TPSA) is 71.6 Å². The van der Waals surface area contributed by atoms with Crippen molar-refractivity contribution in [3.05, 3.63) is 30.0 Å². The summed E-state index contributed by atoms with van der Waals surface area (Å²) in [6.45, 7) is 6.17. The van der Waals surface area contributed by atoms with E-state index >= 15 is 0 Å². The number of nitrogens with one attached hydrogen (secondary N) is 2. The summed E-state index contributed by atoms with van der Waals surface area (Å²) in [6.07, 6.45) is 3.64. The quantitative estimate of drug-likeness (QED) is 0.665. The maximum atomic E-state index is 12.6. The number of rotatable bonds is 5. The number of amides is 1. The fourth-order valence-electron chi connectivity index (χ4n) is 4.29. The molecular weight excluding hydrogens is 351 g/mol. The van der Waals surface area contributed by atoms with Gasteiger partial charge in [0.15, 0.2) is 0 Å². The number of carbonyl (C=O) groups is 1. The van der Waals surface area contributed by atoms with Crippen LogP contribution in [0.3, 0.4) is 0 Å². The second-order valence-electron chi connectivity index (χ2n) is 8.15. The van der Waals surface area contributed by atoms with Gasteiger partial charge in [0.1, 0.15) is 13.5 Å². The summed E-state index contributed by atoms with van der Waals surface area (Å²) in [5.41, 5.74) is 2.15. The molecule has 2 fully saturated rings. The maximum Gasteiger partial charge on any atom is 0.267 e. The molecule has 3 heterocycles. The van der Waals surface area contributed by atoms with E-state index in [0.29, 0.717) is 11.2 Å². The van der Waals surface area contributed by atoms with Gasteiger partial charge in [0.05, 0.1) is 6.10 Å². The number of carbonyl (C=O) groups excluding carboxylic acids is 1. The Hall–Kier alpha value is -1.83. The third-order valence-corrected chi connectivity index (χ3v) is 6.15. The Balaban J connectivity index is 1.22. The SMILES string of the molecule is [B]c1cccc2[nH]c(C(=O)NC3CCN(CCN4CCC(O)CC4)CC3)cc12. The molecule has 7 heteroatoms. The lowest BCUT2D eigenvalue weighted by atomic mass is 9.92. The van der Waals surface area contributed by atoms with Crippen molar-refractivity contribution in [2.24, 2.45) is 0 Å². The van der Waals surface area contributed by atoms with Crippen molar-refractivity contribution in [1.29, 1.82) is 0 Å². The lowest BCUT2D eigenvalue weighted by Gasteiger charge is -2.35. The number of nitrogens with zero attached hydrogens (tertiary/aromatic N) is 2. The van der Waals surface area contributed by atoms with E-state index in [2.05, 4.69) is 20.1 Å². The minimum absolute atomic E-state index is 0.0547. The van der Waals surface area contributed by atoms with Crippen LogP contribution in [-0.4, -0.2) is 85.1 Å². The van der Waals surface area contributed by atoms with E-state index in [4.69, 9.17) is 7.85 Å². The molecule has 0 saturated carbocycles. The molecule has 2 radical (unpaired) electrons. The van der Waals surface area contributed by atoms with Crippen LogP contribution in [0.1, 0.15) is 36.2 Å². The molecule has 0 unspecified atom stereocenters. The predicted octanol–water partition coefficient (Wildman–Crippen LogP) is 0.613. The van der Waals surface area contributed by atoms with E-state index in [9.17, 15) is 9.90 Å². The van der Waals surface area contributed by atoms with Crippen LogP contribution in [-0.2, 0) is 0 Å². The Morgan fingerprint density at radius 1 is 1.11 bits per heavy atom. The van der Waals surface area contributed by atoms with Crippen molar-refractivity contribution in [1.82, 2.24) is 20.1 Å². The van der Waals surface area contributed by atoms with Crippen LogP contribution in [0.25, 0.3) is 10.9 Å². The average molecular weight is 380 g/mol. The third kappa shape index (κ3) is 4.59. The van der Waals surface area contributed by atoms with E-state index < -0.39 is 0 Å². The first kappa shape index (κ1) is 19.5. The summed E-state index contributed by atoms with van der Waals surface area (Å²) in [6, 6.07) is 7.73. The first-order valence-corrected chi connectivity index (χ1v) is 10.4. The van der Waals surface area contributed by atoms with E-state index in [1.807, 2.05) is 24.3 Å². The van der Waals surface area contributed by atoms with Crippen LogP contribution in [0, 0.1) is 0 Å². The molecule has 3 N–H and O–H groups in total. The van der Waals surface area contributed by atoms with E-state index in [1.165, 1.54) is 0 Å². The Bertz CT molecular complexity index is 808. The molecule has 2 aromatic rings. The number of H-pyrrole nitrogens is 1. The lowest BCUT2D eigenvalue weighted by molar-refractivity contribution is 0.0729. The van der Waals surface area contributed by atoms with Gasteiger partial charge in [-0.1, -0.05) is 17.6 Å². The summed E-state index contributed by atoms with van der Waals surface area (Å²) < 4.78 is 0. The van der Waals surface area contributed by atoms with Gasteiger partial charge in [-0.2, -0.15) is 0 Å². The van der Waals surface area contributed by atoms with Crippen molar-refractivity contribution in [2.45, 2.75) is 37.8 Å². The lowest BCUT2D eigenvalue weighted by Crippen LogP contribution is -2.47. The first-order valence-electron chi connectivity index (χ1n) is 10.4. The smallest absolute Gasteiger partial charge is 0.267 e. The van der Waals surface area contributed by atoms with Crippen molar-refractivity contribution < 1.29 is 9.90 Å². The highest BCUT2D eigenvalue weighted by molar-refractivity contribution is 6.38. The maximum absolute atomic E-state index is 12.6. The standard InChI is InChI=1S/C21H29BN4O2/c22-18-2-1-3-19-17(18)14-20(24-19)21(28)23-15-4-8-25(9-5-15)12-13-26-10-6-16(27)7-11-26/h1-3,14-16,24,27H,4-13H2,(H,23,28). The molecule has 0 aliphatic carbocycles. The van der Waals surface area contributed by atoms with Gasteiger partial charge in [-0.05, 0) is 43.2 Å². The highest BCUT2D eigenvalue weighted by Crippen LogP contribution is 2.15. The van der Waals surface area contributed by atoms with Crippen LogP contribution >= 0.6 is 0 Å². The highest BCUT2D eigenvalue weighted by Gasteiger charge is 2.23. The predicted molar refractivity (Wildman–Crippen MR) is 112 cm³/mol. The number of aliphatic hydroxyl groups excluding tert-OH is 1. The zero-order chi connectivity index (χ0) is 19.5. The second-order valence-corrected chi connectivity index (χ2v) is 8.15. The molecule has 0 spiro atoms. The van der Waals surface area contributed by atoms with Gasteiger partial charge in [0.25, 0.3) is 5.91 Å². The number of fused-ring (bicyclic) bond motifs is 1. The van der Waals surface area contributed by atoms with Crippen molar-refractivity contribution >= 4 is 30.1 Å². The summed E-state index contributed by atoms with van der Waals surface area (Å²) in [5.74, 6) is -0.0547. The van der Waals surface area contributed by atoms with Gasteiger partial charge in [0, 0.05) is 50.8 Å². The monoisotopic (exact) mass is 380 g/mol. The zero-order valence-electron chi connectivity index (χ0n) is 16.4. The van der Waals surface area contributed by atoms with Gasteiger partial charge < -0.3 is 25.2 Å². The summed E-state index contributed by atoms with van der Waals surface area (Å²) in [4.78, 5) is 20.7. The zero-order valence-corrected chi connectivity index (χ0v) is 16.4. The van der Waals surface area contributed by atoms with E-state index in [1.54, 1.807) is 0 Å². The number of aliphatic hydroxyl groups is 1. The Labute approximate surface area is 167 Å². The van der Waals surface area contributed by atoms with Crippen molar-refractivity contribution in [3.8, 4) is 0 Å². The second kappa shape index (κ2) is 8.68. The highest BCUT2D eigenvalue weighted by atomic mass is 16.3. The van der Waals surface area contributed by atoms with Crippen molar-refractivity contribution in [3.63, 3.8) is 0 Å². The average Bonchev–Trinajstić information content (AvgIpc) is 3.15. The number of benzene rings is 1. The minimum Gasteiger partial charge on any atom is -0.393 e. The van der Waals surface area contributed by atoms with E-state index in [-0.39, 0.29) is 18.1 Å². The van der Waals surface area contributed by atoms with Crippen LogP contribution in [0.15, 0.2) is 24.3 Å². The summed E-state index contributed by atoms with van der Waals surface area (Å²) in [7, 11) is 5.99. The molecule has 1 aromatic carbocycles. The van der Waals surface area contributed by atoms with E-state index in [0.717, 1.165) is 75.9 Å². The molecule has 2 aliphatic heterocycles. The Kier molecular flexibility index (Phi) is 6.04. The van der Waals surface area contributed by atoms with Crippen molar-refractivity contribution in [2.75, 3.05) is 39.3 Å². The van der Waals surface area contributed by atoms with Crippen LogP contribution in [0.5, 0.6) is 0 Å². The van der Waals surface area contributed by atoms with Gasteiger partial charge in [0.2, 0.25) is 0 Å². The number of aromatic nitrogens is 1. The molecule has 4 rings (SSSR count). The van der Waals surface area contributed by atoms with Gasteiger partial charge in [-0.15, -0.1) is 0 Å². The molecule has 1 amide bonds. The first-order chi connectivity index (χ1) is 13.6. The Morgan fingerprint density at radius 3 is 2.39 bits per heavy atom. The third-order valence-electron chi connectivity index (χ3n) is 6.15. The van der Waals surface area contributed by atoms with Gasteiger partial charge >= 0.3 is 0 Å². The number of aromatic amines is 1. The van der Waals surface area contributed by atoms with Crippen LogP contribution in [0.4, 0.5) is 0 Å². The summed E-state index contributed by atoms with van der Waals surface area (Å²) in [5, 5.41) is 13.7. The molecule has 28 heavy (non-hydrogen) atoms. The number of hydrogen-bond acceptors (Lipinski definition) is 4. The number of hydrogen-bond donors (Lipinski definition) is 3. The molecule has 1 aromatic heterocycles. The molecule has 2 saturated heterocycles. The van der Waals surface area contributed by atoms with Crippen LogP contribution in [0.2, 0.25) is 0 Å². The number of piperidine rings is 2. The normalized spacial score (nSPS) is 20.6.